The molecule has 0 bridgehead atoms. The number of hydroxylamine groups is 2. The Hall–Kier alpha value is -2.99. The fourth-order valence-corrected chi connectivity index (χ4v) is 2.91. The first kappa shape index (κ1) is 22.1. The lowest BCUT2D eigenvalue weighted by Gasteiger charge is -2.28. The number of carbonyl (C=O) groups is 2. The van der Waals surface area contributed by atoms with Gasteiger partial charge in [0.15, 0.2) is 0 Å². The number of hydrogen-bond donors (Lipinski definition) is 1. The lowest BCUT2D eigenvalue weighted by molar-refractivity contribution is -0.789. The van der Waals surface area contributed by atoms with E-state index in [0.29, 0.717) is 11.8 Å². The van der Waals surface area contributed by atoms with Gasteiger partial charge >= 0.3 is 6.73 Å². The van der Waals surface area contributed by atoms with E-state index in [1.165, 1.54) is 0 Å². The Labute approximate surface area is 153 Å². The summed E-state index contributed by atoms with van der Waals surface area (Å²) in [5, 5.41) is 37.2. The van der Waals surface area contributed by atoms with E-state index in [2.05, 4.69) is 14.5 Å². The second-order valence-electron chi connectivity index (χ2n) is 4.66. The van der Waals surface area contributed by atoms with E-state index in [1.807, 2.05) is 0 Å². The number of hydrogen-bond acceptors (Lipinski definition) is 13. The summed E-state index contributed by atoms with van der Waals surface area (Å²) >= 11 is 0.648. The van der Waals surface area contributed by atoms with Gasteiger partial charge in [-0.15, -0.1) is 20.2 Å². The largest absolute Gasteiger partial charge is 0.374 e. The molecule has 1 saturated heterocycles. The average molecular weight is 415 g/mol. The molecule has 0 aromatic carbocycles. The van der Waals surface area contributed by atoms with Crippen molar-refractivity contribution in [3.63, 3.8) is 0 Å². The van der Waals surface area contributed by atoms with Crippen LogP contribution in [0.2, 0.25) is 0 Å². The van der Waals surface area contributed by atoms with Crippen molar-refractivity contribution >= 4 is 22.9 Å². The smallest absolute Gasteiger partial charge is 0.326 e. The normalized spacial score (nSPS) is 17.3. The zero-order chi connectivity index (χ0) is 20.6. The van der Waals surface area contributed by atoms with Gasteiger partial charge in [0, 0.05) is 5.75 Å². The van der Waals surface area contributed by atoms with Crippen molar-refractivity contribution in [2.24, 2.45) is 0 Å². The van der Waals surface area contributed by atoms with E-state index in [9.17, 15) is 39.9 Å². The topological polar surface area (TPSA) is 218 Å². The van der Waals surface area contributed by atoms with Crippen molar-refractivity contribution in [2.45, 2.75) is 12.1 Å². The molecule has 0 aromatic heterocycles. The SMILES string of the molecule is O=C(C1CSC(=O)N1CC(CO[N+](=O)[O-])O[N+](=O)[O-])N(CO)OC[N+](=O)[O-]. The highest BCUT2D eigenvalue weighted by molar-refractivity contribution is 8.13. The van der Waals surface area contributed by atoms with Gasteiger partial charge in [0.2, 0.25) is 0 Å². The summed E-state index contributed by atoms with van der Waals surface area (Å²) in [6.45, 7) is -3.73. The Kier molecular flexibility index (Phi) is 8.35. The number of rotatable bonds is 12. The van der Waals surface area contributed by atoms with Crippen molar-refractivity contribution in [1.29, 1.82) is 0 Å². The number of aliphatic hydroxyl groups excluding tert-OH is 1. The molecule has 1 rings (SSSR count). The second kappa shape index (κ2) is 10.2. The molecule has 2 unspecified atom stereocenters. The molecule has 1 fully saturated rings. The third kappa shape index (κ3) is 7.03. The highest BCUT2D eigenvalue weighted by Crippen LogP contribution is 2.26. The number of aliphatic hydroxyl groups is 1. The van der Waals surface area contributed by atoms with Crippen LogP contribution in [0.1, 0.15) is 0 Å². The standard InChI is InChI=1S/C9H13N5O12S/c15-4-11(25-5-12(18)19)8(16)7-3-27-9(17)10(7)1-6(26-14(22)23)2-24-13(20)21/h6-7,15H,1-5H2. The van der Waals surface area contributed by atoms with Crippen LogP contribution in [0.3, 0.4) is 0 Å². The van der Waals surface area contributed by atoms with E-state index in [1.54, 1.807) is 0 Å². The van der Waals surface area contributed by atoms with E-state index in [4.69, 9.17) is 5.11 Å². The highest BCUT2D eigenvalue weighted by atomic mass is 32.2. The molecule has 0 spiro atoms. The molecule has 1 heterocycles. The Bertz CT molecular complexity index is 604. The third-order valence-electron chi connectivity index (χ3n) is 2.96. The Morgan fingerprint density at radius 1 is 1.33 bits per heavy atom. The molecule has 0 aliphatic carbocycles. The van der Waals surface area contributed by atoms with E-state index >= 15 is 0 Å². The summed E-state index contributed by atoms with van der Waals surface area (Å²) in [4.78, 5) is 67.8. The Morgan fingerprint density at radius 2 is 2.00 bits per heavy atom. The predicted octanol–water partition coefficient (Wildman–Crippen LogP) is -1.75. The summed E-state index contributed by atoms with van der Waals surface area (Å²) < 4.78 is 0. The fourth-order valence-electron chi connectivity index (χ4n) is 1.92. The molecule has 0 aromatic rings. The number of thioether (sulfide) groups is 1. The minimum Gasteiger partial charge on any atom is -0.374 e. The van der Waals surface area contributed by atoms with Gasteiger partial charge < -0.3 is 19.7 Å². The van der Waals surface area contributed by atoms with Crippen molar-refractivity contribution in [3.05, 3.63) is 30.3 Å². The molecule has 1 aliphatic heterocycles. The van der Waals surface area contributed by atoms with Gasteiger partial charge in [0.1, 0.15) is 25.5 Å². The van der Waals surface area contributed by atoms with Crippen molar-refractivity contribution in [1.82, 2.24) is 9.96 Å². The lowest BCUT2D eigenvalue weighted by atomic mass is 10.2. The summed E-state index contributed by atoms with van der Waals surface area (Å²) in [7, 11) is 0. The zero-order valence-electron chi connectivity index (χ0n) is 13.3. The van der Waals surface area contributed by atoms with Crippen molar-refractivity contribution < 1.29 is 44.3 Å². The van der Waals surface area contributed by atoms with Gasteiger partial charge in [-0.05, 0) is 0 Å². The van der Waals surface area contributed by atoms with Gasteiger partial charge in [0.05, 0.1) is 11.5 Å². The summed E-state index contributed by atoms with van der Waals surface area (Å²) in [6, 6.07) is -1.31. The quantitative estimate of drug-likeness (QED) is 0.213. The number of carbonyl (C=O) groups excluding carboxylic acids is 2. The Morgan fingerprint density at radius 3 is 2.52 bits per heavy atom. The molecular formula is C9H13N5O12S. The average Bonchev–Trinajstić information content (AvgIpc) is 2.93. The molecule has 17 nitrogen and oxygen atoms in total. The van der Waals surface area contributed by atoms with Crippen LogP contribution in [0.4, 0.5) is 4.79 Å². The molecule has 152 valence electrons. The first-order valence-corrected chi connectivity index (χ1v) is 7.83. The first-order chi connectivity index (χ1) is 12.6. The molecule has 1 aliphatic rings. The fraction of sp³-hybridized carbons (Fsp3) is 0.778. The molecule has 18 heteroatoms. The maximum absolute atomic E-state index is 12.3. The first-order valence-electron chi connectivity index (χ1n) is 6.84. The molecule has 0 radical (unpaired) electrons. The zero-order valence-corrected chi connectivity index (χ0v) is 14.1. The van der Waals surface area contributed by atoms with Crippen LogP contribution in [-0.2, 0) is 19.3 Å². The summed E-state index contributed by atoms with van der Waals surface area (Å²) in [5.74, 6) is -1.19. The summed E-state index contributed by atoms with van der Waals surface area (Å²) in [6.07, 6.45) is -1.59. The second-order valence-corrected chi connectivity index (χ2v) is 5.64. The van der Waals surface area contributed by atoms with Gasteiger partial charge in [0.25, 0.3) is 21.3 Å². The van der Waals surface area contributed by atoms with Gasteiger partial charge in [-0.25, -0.2) is 0 Å². The molecule has 2 amide bonds. The van der Waals surface area contributed by atoms with Crippen LogP contribution in [0, 0.1) is 30.3 Å². The highest BCUT2D eigenvalue weighted by Gasteiger charge is 2.41. The molecular weight excluding hydrogens is 402 g/mol. The van der Waals surface area contributed by atoms with Crippen molar-refractivity contribution in [3.8, 4) is 0 Å². The van der Waals surface area contributed by atoms with Gasteiger partial charge in [-0.3, -0.25) is 19.7 Å². The van der Waals surface area contributed by atoms with E-state index in [0.717, 1.165) is 4.90 Å². The van der Waals surface area contributed by atoms with E-state index in [-0.39, 0.29) is 10.8 Å². The van der Waals surface area contributed by atoms with Crippen LogP contribution in [-0.4, -0.2) is 85.8 Å². The van der Waals surface area contributed by atoms with Crippen LogP contribution in [0.15, 0.2) is 0 Å². The predicted molar refractivity (Wildman–Crippen MR) is 80.0 cm³/mol. The van der Waals surface area contributed by atoms with Crippen LogP contribution >= 0.6 is 11.8 Å². The lowest BCUT2D eigenvalue weighted by Crippen LogP contribution is -2.51. The monoisotopic (exact) mass is 415 g/mol. The molecule has 0 saturated carbocycles. The van der Waals surface area contributed by atoms with Crippen LogP contribution < -0.4 is 0 Å². The number of nitrogens with zero attached hydrogens (tertiary/aromatic N) is 5. The third-order valence-corrected chi connectivity index (χ3v) is 3.92. The minimum atomic E-state index is -1.59. The van der Waals surface area contributed by atoms with Gasteiger partial charge in [-0.1, -0.05) is 11.8 Å². The van der Waals surface area contributed by atoms with Crippen LogP contribution in [0.25, 0.3) is 0 Å². The maximum Gasteiger partial charge on any atom is 0.326 e. The number of amides is 2. The van der Waals surface area contributed by atoms with Crippen molar-refractivity contribution in [2.75, 3.05) is 32.4 Å². The Balaban J connectivity index is 2.85. The van der Waals surface area contributed by atoms with Gasteiger partial charge in [-0.2, -0.15) is 9.90 Å². The maximum atomic E-state index is 12.3. The number of nitro groups is 1. The molecule has 1 N–H and O–H groups in total. The minimum absolute atomic E-state index is 0.155. The summed E-state index contributed by atoms with van der Waals surface area (Å²) in [5.41, 5.74) is 0. The van der Waals surface area contributed by atoms with Crippen LogP contribution in [0.5, 0.6) is 0 Å². The van der Waals surface area contributed by atoms with E-state index < -0.39 is 65.0 Å². The molecule has 2 atom stereocenters. The molecule has 27 heavy (non-hydrogen) atoms.